The second-order valence-corrected chi connectivity index (χ2v) is 6.89. The van der Waals surface area contributed by atoms with E-state index in [4.69, 9.17) is 11.6 Å². The van der Waals surface area contributed by atoms with Crippen molar-refractivity contribution in [2.75, 3.05) is 4.72 Å². The number of alkyl halides is 6. The van der Waals surface area contributed by atoms with Gasteiger partial charge in [0.05, 0.1) is 16.1 Å². The zero-order chi connectivity index (χ0) is 19.0. The fourth-order valence-corrected chi connectivity index (χ4v) is 3.46. The molecule has 0 aromatic heterocycles. The maximum atomic E-state index is 12.6. The van der Waals surface area contributed by atoms with Crippen molar-refractivity contribution in [2.24, 2.45) is 0 Å². The van der Waals surface area contributed by atoms with Crippen LogP contribution < -0.4 is 4.72 Å². The van der Waals surface area contributed by atoms with Crippen molar-refractivity contribution in [3.05, 3.63) is 58.6 Å². The number of nitrogens with one attached hydrogen (secondary N) is 1. The summed E-state index contributed by atoms with van der Waals surface area (Å²) >= 11 is 5.59. The average Bonchev–Trinajstić information content (AvgIpc) is 2.44. The lowest BCUT2D eigenvalue weighted by molar-refractivity contribution is -0.138. The van der Waals surface area contributed by atoms with Crippen molar-refractivity contribution in [3.8, 4) is 0 Å². The van der Waals surface area contributed by atoms with Crippen LogP contribution in [-0.4, -0.2) is 8.42 Å². The standard InChI is InChI=1S/C14H8ClF6NO2S/c15-11-7-9(14(19,20)21)4-5-12(11)25(23,24)22-10-3-1-2-8(6-10)13(16,17)18/h1-7,22H. The summed E-state index contributed by atoms with van der Waals surface area (Å²) in [4.78, 5) is -0.695. The first-order valence-electron chi connectivity index (χ1n) is 6.37. The van der Waals surface area contributed by atoms with Gasteiger partial charge in [0.25, 0.3) is 10.0 Å². The summed E-state index contributed by atoms with van der Waals surface area (Å²) in [7, 11) is -4.49. The molecule has 2 aromatic carbocycles. The van der Waals surface area contributed by atoms with E-state index >= 15 is 0 Å². The van der Waals surface area contributed by atoms with Gasteiger partial charge in [-0.3, -0.25) is 4.72 Å². The molecule has 25 heavy (non-hydrogen) atoms. The van der Waals surface area contributed by atoms with Crippen LogP contribution in [0.15, 0.2) is 47.4 Å². The van der Waals surface area contributed by atoms with E-state index in [2.05, 4.69) is 0 Å². The third-order valence-corrected chi connectivity index (χ3v) is 4.86. The molecule has 0 bridgehead atoms. The van der Waals surface area contributed by atoms with Crippen LogP contribution in [0.5, 0.6) is 0 Å². The van der Waals surface area contributed by atoms with E-state index in [0.29, 0.717) is 24.3 Å². The minimum atomic E-state index is -4.72. The Morgan fingerprint density at radius 1 is 0.840 bits per heavy atom. The van der Waals surface area contributed by atoms with Gasteiger partial charge in [-0.25, -0.2) is 8.42 Å². The van der Waals surface area contributed by atoms with E-state index in [1.54, 1.807) is 0 Å². The topological polar surface area (TPSA) is 46.2 Å². The van der Waals surface area contributed by atoms with Crippen LogP contribution in [0.2, 0.25) is 5.02 Å². The predicted molar refractivity (Wildman–Crippen MR) is 78.7 cm³/mol. The molecule has 11 heteroatoms. The molecule has 0 aliphatic heterocycles. The third kappa shape index (κ3) is 4.57. The van der Waals surface area contributed by atoms with Gasteiger partial charge in [0.1, 0.15) is 4.90 Å². The zero-order valence-electron chi connectivity index (χ0n) is 11.9. The van der Waals surface area contributed by atoms with Gasteiger partial charge in [0.2, 0.25) is 0 Å². The molecule has 0 radical (unpaired) electrons. The van der Waals surface area contributed by atoms with Crippen LogP contribution in [0.1, 0.15) is 11.1 Å². The molecule has 0 spiro atoms. The molecule has 3 nitrogen and oxygen atoms in total. The fourth-order valence-electron chi connectivity index (χ4n) is 1.86. The van der Waals surface area contributed by atoms with Gasteiger partial charge >= 0.3 is 12.4 Å². The highest BCUT2D eigenvalue weighted by atomic mass is 35.5. The number of rotatable bonds is 3. The van der Waals surface area contributed by atoms with E-state index in [1.165, 1.54) is 0 Å². The van der Waals surface area contributed by atoms with Crippen LogP contribution in [0.3, 0.4) is 0 Å². The predicted octanol–water partition coefficient (Wildman–Crippen LogP) is 5.18. The molecule has 0 saturated carbocycles. The molecule has 0 aliphatic rings. The highest BCUT2D eigenvalue weighted by Gasteiger charge is 2.33. The summed E-state index contributed by atoms with van der Waals surface area (Å²) in [6.07, 6.45) is -9.41. The lowest BCUT2D eigenvalue weighted by Crippen LogP contribution is -2.15. The second-order valence-electron chi connectivity index (χ2n) is 4.83. The van der Waals surface area contributed by atoms with E-state index in [1.807, 2.05) is 4.72 Å². The van der Waals surface area contributed by atoms with Gasteiger partial charge in [-0.15, -0.1) is 0 Å². The maximum Gasteiger partial charge on any atom is 0.416 e. The number of benzene rings is 2. The van der Waals surface area contributed by atoms with Crippen LogP contribution in [0, 0.1) is 0 Å². The van der Waals surface area contributed by atoms with Gasteiger partial charge in [0.15, 0.2) is 0 Å². The number of hydrogen-bond donors (Lipinski definition) is 1. The van der Waals surface area contributed by atoms with Crippen molar-refractivity contribution in [3.63, 3.8) is 0 Å². The molecule has 0 saturated heterocycles. The van der Waals surface area contributed by atoms with Gasteiger partial charge in [0, 0.05) is 5.69 Å². The first-order valence-corrected chi connectivity index (χ1v) is 8.23. The van der Waals surface area contributed by atoms with E-state index < -0.39 is 49.1 Å². The molecule has 2 rings (SSSR count). The molecule has 136 valence electrons. The lowest BCUT2D eigenvalue weighted by Gasteiger charge is -2.13. The van der Waals surface area contributed by atoms with Gasteiger partial charge in [-0.2, -0.15) is 26.3 Å². The van der Waals surface area contributed by atoms with Crippen LogP contribution in [0.4, 0.5) is 32.0 Å². The Kier molecular flexibility index (Phi) is 4.97. The Morgan fingerprint density at radius 2 is 1.40 bits per heavy atom. The van der Waals surface area contributed by atoms with Crippen molar-refractivity contribution in [1.82, 2.24) is 0 Å². The Balaban J connectivity index is 2.38. The molecule has 0 amide bonds. The number of sulfonamides is 1. The first kappa shape index (κ1) is 19.4. The largest absolute Gasteiger partial charge is 0.416 e. The highest BCUT2D eigenvalue weighted by Crippen LogP contribution is 2.34. The number of halogens is 7. The molecule has 0 heterocycles. The molecule has 1 N–H and O–H groups in total. The molecule has 2 aromatic rings. The lowest BCUT2D eigenvalue weighted by atomic mass is 10.2. The summed E-state index contributed by atoms with van der Waals surface area (Å²) in [5, 5.41) is -0.714. The Labute approximate surface area is 143 Å². The molecule has 0 fully saturated rings. The highest BCUT2D eigenvalue weighted by molar-refractivity contribution is 7.92. The fraction of sp³-hybridized carbons (Fsp3) is 0.143. The second kappa shape index (κ2) is 6.41. The molecule has 0 unspecified atom stereocenters. The summed E-state index contributed by atoms with van der Waals surface area (Å²) in [6, 6.07) is 4.88. The Morgan fingerprint density at radius 3 is 1.92 bits per heavy atom. The summed E-state index contributed by atoms with van der Waals surface area (Å²) < 4.78 is 102. The smallest absolute Gasteiger partial charge is 0.280 e. The zero-order valence-corrected chi connectivity index (χ0v) is 13.5. The van der Waals surface area contributed by atoms with Crippen molar-refractivity contribution >= 4 is 27.3 Å². The molecular formula is C14H8ClF6NO2S. The van der Waals surface area contributed by atoms with Crippen LogP contribution in [0.25, 0.3) is 0 Å². The molecular weight excluding hydrogens is 396 g/mol. The number of anilines is 1. The first-order chi connectivity index (χ1) is 11.3. The third-order valence-electron chi connectivity index (χ3n) is 2.99. The van der Waals surface area contributed by atoms with Crippen molar-refractivity contribution < 1.29 is 34.8 Å². The Bertz CT molecular complexity index is 893. The minimum absolute atomic E-state index is 0.411. The van der Waals surface area contributed by atoms with Crippen molar-refractivity contribution in [1.29, 1.82) is 0 Å². The normalized spacial score (nSPS) is 12.9. The summed E-state index contributed by atoms with van der Waals surface area (Å²) in [5.74, 6) is 0. The van der Waals surface area contributed by atoms with Gasteiger partial charge < -0.3 is 0 Å². The summed E-state index contributed by atoms with van der Waals surface area (Å²) in [5.41, 5.74) is -2.66. The average molecular weight is 404 g/mol. The maximum absolute atomic E-state index is 12.6. The monoisotopic (exact) mass is 403 g/mol. The van der Waals surface area contributed by atoms with Crippen molar-refractivity contribution in [2.45, 2.75) is 17.2 Å². The minimum Gasteiger partial charge on any atom is -0.280 e. The molecule has 0 aliphatic carbocycles. The summed E-state index contributed by atoms with van der Waals surface area (Å²) in [6.45, 7) is 0. The van der Waals surface area contributed by atoms with Crippen LogP contribution in [-0.2, 0) is 22.4 Å². The van der Waals surface area contributed by atoms with E-state index in [9.17, 15) is 34.8 Å². The van der Waals surface area contributed by atoms with Gasteiger partial charge in [-0.1, -0.05) is 17.7 Å². The number of hydrogen-bond acceptors (Lipinski definition) is 2. The van der Waals surface area contributed by atoms with E-state index in [-0.39, 0.29) is 0 Å². The van der Waals surface area contributed by atoms with Gasteiger partial charge in [-0.05, 0) is 36.4 Å². The quantitative estimate of drug-likeness (QED) is 0.718. The van der Waals surface area contributed by atoms with E-state index in [0.717, 1.165) is 18.2 Å². The Hall–Kier alpha value is -1.94. The molecule has 0 atom stereocenters. The SMILES string of the molecule is O=S(=O)(Nc1cccc(C(F)(F)F)c1)c1ccc(C(F)(F)F)cc1Cl. The van der Waals surface area contributed by atoms with Crippen LogP contribution >= 0.6 is 11.6 Å².